The van der Waals surface area contributed by atoms with Gasteiger partial charge in [0.25, 0.3) is 0 Å². The lowest BCUT2D eigenvalue weighted by atomic mass is 10.0. The van der Waals surface area contributed by atoms with Crippen LogP contribution in [0.5, 0.6) is 5.75 Å². The van der Waals surface area contributed by atoms with E-state index in [1.54, 1.807) is 12.1 Å². The molecule has 0 saturated carbocycles. The average Bonchev–Trinajstić information content (AvgIpc) is 2.42. The highest BCUT2D eigenvalue weighted by atomic mass is 31.1. The summed E-state index contributed by atoms with van der Waals surface area (Å²) >= 11 is 0. The molecule has 0 spiro atoms. The molecule has 0 aliphatic heterocycles. The Kier molecular flexibility index (Phi) is 9.27. The van der Waals surface area contributed by atoms with Crippen LogP contribution >= 0.6 is 8.25 Å². The van der Waals surface area contributed by atoms with E-state index in [4.69, 9.17) is 9.05 Å². The first-order chi connectivity index (χ1) is 9.68. The third kappa shape index (κ3) is 9.06. The van der Waals surface area contributed by atoms with E-state index in [2.05, 4.69) is 13.8 Å². The molecule has 20 heavy (non-hydrogen) atoms. The molecule has 0 bridgehead atoms. The number of rotatable bonds is 11. The fourth-order valence-electron chi connectivity index (χ4n) is 1.92. The molecule has 1 aromatic rings. The Hall–Kier alpha value is -0.920. The first-order valence-electron chi connectivity index (χ1n) is 7.51. The van der Waals surface area contributed by atoms with Gasteiger partial charge in [-0.1, -0.05) is 64.2 Å². The molecular formula is C16H26O3P+. The second-order valence-electron chi connectivity index (χ2n) is 5.41. The molecule has 3 nitrogen and oxygen atoms in total. The molecular weight excluding hydrogens is 271 g/mol. The van der Waals surface area contributed by atoms with Gasteiger partial charge in [0, 0.05) is 4.57 Å². The van der Waals surface area contributed by atoms with Gasteiger partial charge in [-0.2, -0.15) is 0 Å². The lowest BCUT2D eigenvalue weighted by molar-refractivity contribution is 0.277. The SMILES string of the molecule is CC(C)CCCCCCCO[P+](=O)Oc1ccccc1. The molecule has 0 aliphatic carbocycles. The van der Waals surface area contributed by atoms with Gasteiger partial charge in [0.2, 0.25) is 0 Å². The van der Waals surface area contributed by atoms with Crippen LogP contribution in [-0.4, -0.2) is 6.61 Å². The second-order valence-corrected chi connectivity index (χ2v) is 6.30. The van der Waals surface area contributed by atoms with Crippen LogP contribution in [0.15, 0.2) is 30.3 Å². The van der Waals surface area contributed by atoms with Crippen molar-refractivity contribution in [2.75, 3.05) is 6.61 Å². The first kappa shape index (κ1) is 17.1. The van der Waals surface area contributed by atoms with Crippen molar-refractivity contribution in [3.8, 4) is 5.75 Å². The molecule has 1 unspecified atom stereocenters. The maximum atomic E-state index is 11.5. The highest BCUT2D eigenvalue weighted by Gasteiger charge is 2.21. The van der Waals surface area contributed by atoms with Crippen molar-refractivity contribution in [1.29, 1.82) is 0 Å². The molecule has 0 radical (unpaired) electrons. The zero-order valence-electron chi connectivity index (χ0n) is 12.6. The van der Waals surface area contributed by atoms with Crippen molar-refractivity contribution in [2.45, 2.75) is 52.4 Å². The molecule has 1 aromatic carbocycles. The van der Waals surface area contributed by atoms with Gasteiger partial charge in [-0.25, -0.2) is 4.52 Å². The van der Waals surface area contributed by atoms with Crippen LogP contribution in [0.3, 0.4) is 0 Å². The Morgan fingerprint density at radius 2 is 1.65 bits per heavy atom. The molecule has 1 rings (SSSR count). The highest BCUT2D eigenvalue weighted by Crippen LogP contribution is 2.27. The summed E-state index contributed by atoms with van der Waals surface area (Å²) in [6, 6.07) is 9.11. The maximum Gasteiger partial charge on any atom is 0.750 e. The van der Waals surface area contributed by atoms with Gasteiger partial charge in [-0.3, -0.25) is 0 Å². The quantitative estimate of drug-likeness (QED) is 0.386. The zero-order valence-corrected chi connectivity index (χ0v) is 13.5. The summed E-state index contributed by atoms with van der Waals surface area (Å²) in [6.45, 7) is 5.03. The molecule has 0 N–H and O–H groups in total. The van der Waals surface area contributed by atoms with Crippen LogP contribution in [0.25, 0.3) is 0 Å². The van der Waals surface area contributed by atoms with E-state index in [1.807, 2.05) is 18.2 Å². The highest BCUT2D eigenvalue weighted by molar-refractivity contribution is 7.33. The normalized spacial score (nSPS) is 11.7. The number of unbranched alkanes of at least 4 members (excludes halogenated alkanes) is 4. The molecule has 0 saturated heterocycles. The Morgan fingerprint density at radius 3 is 2.35 bits per heavy atom. The average molecular weight is 297 g/mol. The molecule has 1 atom stereocenters. The van der Waals surface area contributed by atoms with E-state index < -0.39 is 8.25 Å². The fourth-order valence-corrected chi connectivity index (χ4v) is 2.54. The van der Waals surface area contributed by atoms with Crippen molar-refractivity contribution < 1.29 is 13.6 Å². The summed E-state index contributed by atoms with van der Waals surface area (Å²) in [7, 11) is -2.04. The summed E-state index contributed by atoms with van der Waals surface area (Å²) in [5, 5.41) is 0. The fraction of sp³-hybridized carbons (Fsp3) is 0.625. The van der Waals surface area contributed by atoms with Crippen LogP contribution in [0.2, 0.25) is 0 Å². The summed E-state index contributed by atoms with van der Waals surface area (Å²) in [5.41, 5.74) is 0. The lowest BCUT2D eigenvalue weighted by Crippen LogP contribution is -1.91. The van der Waals surface area contributed by atoms with Crippen LogP contribution in [0.4, 0.5) is 0 Å². The first-order valence-corrected chi connectivity index (χ1v) is 8.61. The lowest BCUT2D eigenvalue weighted by Gasteiger charge is -2.03. The molecule has 4 heteroatoms. The van der Waals surface area contributed by atoms with Crippen LogP contribution in [-0.2, 0) is 9.09 Å². The number of benzene rings is 1. The predicted octanol–water partition coefficient (Wildman–Crippen LogP) is 5.74. The summed E-state index contributed by atoms with van der Waals surface area (Å²) < 4.78 is 21.9. The van der Waals surface area contributed by atoms with E-state index >= 15 is 0 Å². The maximum absolute atomic E-state index is 11.5. The minimum Gasteiger partial charge on any atom is -0.229 e. The van der Waals surface area contributed by atoms with Gasteiger partial charge < -0.3 is 0 Å². The largest absolute Gasteiger partial charge is 0.750 e. The topological polar surface area (TPSA) is 35.5 Å². The number of hydrogen-bond donors (Lipinski definition) is 0. The summed E-state index contributed by atoms with van der Waals surface area (Å²) in [5.74, 6) is 1.39. The zero-order chi connectivity index (χ0) is 14.6. The Bertz CT molecular complexity index is 365. The molecule has 0 aliphatic rings. The molecule has 0 aromatic heterocycles. The third-order valence-electron chi connectivity index (χ3n) is 3.05. The van der Waals surface area contributed by atoms with Crippen molar-refractivity contribution >= 4 is 8.25 Å². The van der Waals surface area contributed by atoms with Crippen molar-refractivity contribution in [1.82, 2.24) is 0 Å². The summed E-state index contributed by atoms with van der Waals surface area (Å²) in [6.07, 6.45) is 7.21. The van der Waals surface area contributed by atoms with Crippen LogP contribution < -0.4 is 4.52 Å². The Morgan fingerprint density at radius 1 is 1.00 bits per heavy atom. The number of hydrogen-bond acceptors (Lipinski definition) is 3. The smallest absolute Gasteiger partial charge is 0.229 e. The van der Waals surface area contributed by atoms with Crippen molar-refractivity contribution in [2.24, 2.45) is 5.92 Å². The Balaban J connectivity index is 1.95. The van der Waals surface area contributed by atoms with E-state index in [-0.39, 0.29) is 0 Å². The molecule has 0 fully saturated rings. The van der Waals surface area contributed by atoms with E-state index in [1.165, 1.54) is 25.7 Å². The van der Waals surface area contributed by atoms with Gasteiger partial charge in [0.05, 0.1) is 0 Å². The molecule has 0 amide bonds. The van der Waals surface area contributed by atoms with E-state index in [0.717, 1.165) is 18.8 Å². The number of para-hydroxylation sites is 1. The van der Waals surface area contributed by atoms with Gasteiger partial charge in [-0.05, 0) is 24.5 Å². The molecule has 0 heterocycles. The van der Waals surface area contributed by atoms with Crippen LogP contribution in [0, 0.1) is 5.92 Å². The van der Waals surface area contributed by atoms with Gasteiger partial charge >= 0.3 is 8.25 Å². The van der Waals surface area contributed by atoms with Gasteiger partial charge in [0.1, 0.15) is 6.61 Å². The predicted molar refractivity (Wildman–Crippen MR) is 83.2 cm³/mol. The van der Waals surface area contributed by atoms with Gasteiger partial charge in [0.15, 0.2) is 5.75 Å². The van der Waals surface area contributed by atoms with Crippen LogP contribution in [0.1, 0.15) is 52.4 Å². The minimum atomic E-state index is -2.04. The van der Waals surface area contributed by atoms with Gasteiger partial charge in [-0.15, -0.1) is 4.52 Å². The standard InChI is InChI=1S/C16H26O3P/c1-15(2)11-7-4-3-5-10-14-18-20(17)19-16-12-8-6-9-13-16/h6,8-9,12-13,15H,3-5,7,10-11,14H2,1-2H3/q+1. The Labute approximate surface area is 123 Å². The van der Waals surface area contributed by atoms with E-state index in [9.17, 15) is 4.57 Å². The summed E-state index contributed by atoms with van der Waals surface area (Å²) in [4.78, 5) is 0. The van der Waals surface area contributed by atoms with Crippen molar-refractivity contribution in [3.05, 3.63) is 30.3 Å². The third-order valence-corrected chi connectivity index (χ3v) is 3.80. The molecule has 112 valence electrons. The minimum absolute atomic E-state index is 0.506. The monoisotopic (exact) mass is 297 g/mol. The van der Waals surface area contributed by atoms with E-state index in [0.29, 0.717) is 12.4 Å². The van der Waals surface area contributed by atoms with Crippen molar-refractivity contribution in [3.63, 3.8) is 0 Å². The second kappa shape index (κ2) is 10.8.